The van der Waals surface area contributed by atoms with E-state index >= 15 is 0 Å². The monoisotopic (exact) mass is 235 g/mol. The molecule has 0 fully saturated rings. The second kappa shape index (κ2) is 7.07. The van der Waals surface area contributed by atoms with Crippen molar-refractivity contribution in [2.24, 2.45) is 5.92 Å². The van der Waals surface area contributed by atoms with Crippen LogP contribution < -0.4 is 0 Å². The van der Waals surface area contributed by atoms with Crippen molar-refractivity contribution in [1.82, 2.24) is 4.90 Å². The molecule has 1 aromatic carbocycles. The standard InChI is InChI=1S/C14H21NO2/c1-12(2)9-15(14(16)11-17-3)10-13-7-5-4-6-8-13/h4-8,12H,9-11H2,1-3H3. The minimum atomic E-state index is 0.0463. The van der Waals surface area contributed by atoms with Crippen molar-refractivity contribution in [3.8, 4) is 0 Å². The predicted molar refractivity (Wildman–Crippen MR) is 68.6 cm³/mol. The van der Waals surface area contributed by atoms with E-state index in [1.807, 2.05) is 35.2 Å². The van der Waals surface area contributed by atoms with Crippen molar-refractivity contribution in [3.63, 3.8) is 0 Å². The zero-order chi connectivity index (χ0) is 12.7. The molecular weight excluding hydrogens is 214 g/mol. The maximum absolute atomic E-state index is 11.9. The van der Waals surface area contributed by atoms with Crippen LogP contribution in [0.3, 0.4) is 0 Å². The van der Waals surface area contributed by atoms with Gasteiger partial charge in [-0.15, -0.1) is 0 Å². The van der Waals surface area contributed by atoms with Crippen LogP contribution in [0.1, 0.15) is 19.4 Å². The largest absolute Gasteiger partial charge is 0.375 e. The van der Waals surface area contributed by atoms with Gasteiger partial charge in [0, 0.05) is 20.2 Å². The Morgan fingerprint density at radius 3 is 2.47 bits per heavy atom. The summed E-state index contributed by atoms with van der Waals surface area (Å²) in [6, 6.07) is 10.0. The normalized spacial score (nSPS) is 10.6. The maximum Gasteiger partial charge on any atom is 0.248 e. The molecule has 1 rings (SSSR count). The van der Waals surface area contributed by atoms with Gasteiger partial charge in [0.2, 0.25) is 5.91 Å². The van der Waals surface area contributed by atoms with Gasteiger partial charge in [0.1, 0.15) is 6.61 Å². The lowest BCUT2D eigenvalue weighted by molar-refractivity contribution is -0.136. The van der Waals surface area contributed by atoms with Crippen LogP contribution in [-0.4, -0.2) is 31.1 Å². The summed E-state index contributed by atoms with van der Waals surface area (Å²) in [5.74, 6) is 0.504. The Morgan fingerprint density at radius 1 is 1.29 bits per heavy atom. The van der Waals surface area contributed by atoms with E-state index in [0.717, 1.165) is 12.1 Å². The number of methoxy groups -OCH3 is 1. The topological polar surface area (TPSA) is 29.5 Å². The smallest absolute Gasteiger partial charge is 0.248 e. The molecule has 0 aliphatic carbocycles. The first-order valence-electron chi connectivity index (χ1n) is 5.94. The zero-order valence-corrected chi connectivity index (χ0v) is 10.8. The third-order valence-corrected chi connectivity index (χ3v) is 2.42. The molecule has 0 N–H and O–H groups in total. The number of ether oxygens (including phenoxy) is 1. The molecule has 0 spiro atoms. The molecular formula is C14H21NO2. The number of rotatable bonds is 6. The van der Waals surface area contributed by atoms with Crippen LogP contribution >= 0.6 is 0 Å². The van der Waals surface area contributed by atoms with Crippen LogP contribution in [-0.2, 0) is 16.1 Å². The summed E-state index contributed by atoms with van der Waals surface area (Å²) in [5, 5.41) is 0. The van der Waals surface area contributed by atoms with Crippen LogP contribution in [0.5, 0.6) is 0 Å². The van der Waals surface area contributed by atoms with E-state index in [4.69, 9.17) is 4.74 Å². The van der Waals surface area contributed by atoms with Crippen molar-refractivity contribution < 1.29 is 9.53 Å². The third kappa shape index (κ3) is 5.00. The summed E-state index contributed by atoms with van der Waals surface area (Å²) in [5.41, 5.74) is 1.15. The summed E-state index contributed by atoms with van der Waals surface area (Å²) in [4.78, 5) is 13.7. The van der Waals surface area contributed by atoms with Gasteiger partial charge in [-0.25, -0.2) is 0 Å². The Bertz CT molecular complexity index is 335. The molecule has 17 heavy (non-hydrogen) atoms. The predicted octanol–water partition coefficient (Wildman–Crippen LogP) is 2.32. The molecule has 0 atom stereocenters. The molecule has 0 aliphatic heterocycles. The van der Waals surface area contributed by atoms with Gasteiger partial charge >= 0.3 is 0 Å². The van der Waals surface area contributed by atoms with Gasteiger partial charge in [-0.1, -0.05) is 44.2 Å². The molecule has 94 valence electrons. The molecule has 0 saturated carbocycles. The van der Waals surface area contributed by atoms with Crippen LogP contribution in [0.25, 0.3) is 0 Å². The molecule has 1 aromatic rings. The molecule has 0 bridgehead atoms. The van der Waals surface area contributed by atoms with Crippen LogP contribution in [0.4, 0.5) is 0 Å². The molecule has 1 amide bonds. The van der Waals surface area contributed by atoms with Gasteiger partial charge in [0.05, 0.1) is 0 Å². The molecule has 0 unspecified atom stereocenters. The third-order valence-electron chi connectivity index (χ3n) is 2.42. The minimum absolute atomic E-state index is 0.0463. The molecule has 0 heterocycles. The van der Waals surface area contributed by atoms with Gasteiger partial charge < -0.3 is 9.64 Å². The second-order valence-electron chi connectivity index (χ2n) is 4.59. The van der Waals surface area contributed by atoms with E-state index in [2.05, 4.69) is 13.8 Å². The number of amides is 1. The van der Waals surface area contributed by atoms with E-state index < -0.39 is 0 Å². The first-order chi connectivity index (χ1) is 8.13. The van der Waals surface area contributed by atoms with E-state index in [9.17, 15) is 4.79 Å². The average molecular weight is 235 g/mol. The van der Waals surface area contributed by atoms with E-state index in [1.165, 1.54) is 0 Å². The number of benzene rings is 1. The Kier molecular flexibility index (Phi) is 5.70. The molecule has 0 aromatic heterocycles. The highest BCUT2D eigenvalue weighted by molar-refractivity contribution is 5.77. The summed E-state index contributed by atoms with van der Waals surface area (Å²) < 4.78 is 4.91. The fourth-order valence-electron chi connectivity index (χ4n) is 1.71. The number of hydrogen-bond acceptors (Lipinski definition) is 2. The van der Waals surface area contributed by atoms with E-state index in [1.54, 1.807) is 7.11 Å². The van der Waals surface area contributed by atoms with Crippen molar-refractivity contribution in [2.75, 3.05) is 20.3 Å². The Balaban J connectivity index is 2.66. The number of nitrogens with zero attached hydrogens (tertiary/aromatic N) is 1. The van der Waals surface area contributed by atoms with Gasteiger partial charge in [0.15, 0.2) is 0 Å². The highest BCUT2D eigenvalue weighted by Crippen LogP contribution is 2.07. The van der Waals surface area contributed by atoms with Gasteiger partial charge in [0.25, 0.3) is 0 Å². The van der Waals surface area contributed by atoms with Crippen LogP contribution in [0.15, 0.2) is 30.3 Å². The Morgan fingerprint density at radius 2 is 1.94 bits per heavy atom. The molecule has 0 radical (unpaired) electrons. The summed E-state index contributed by atoms with van der Waals surface area (Å²) in [7, 11) is 1.55. The fourth-order valence-corrected chi connectivity index (χ4v) is 1.71. The highest BCUT2D eigenvalue weighted by atomic mass is 16.5. The first-order valence-corrected chi connectivity index (χ1v) is 5.94. The Hall–Kier alpha value is -1.35. The molecule has 0 aliphatic rings. The van der Waals surface area contributed by atoms with Crippen molar-refractivity contribution in [3.05, 3.63) is 35.9 Å². The number of hydrogen-bond donors (Lipinski definition) is 0. The van der Waals surface area contributed by atoms with Crippen LogP contribution in [0.2, 0.25) is 0 Å². The first kappa shape index (κ1) is 13.7. The molecule has 3 nitrogen and oxygen atoms in total. The van der Waals surface area contributed by atoms with Crippen molar-refractivity contribution >= 4 is 5.91 Å². The second-order valence-corrected chi connectivity index (χ2v) is 4.59. The van der Waals surface area contributed by atoms with Gasteiger partial charge in [-0.3, -0.25) is 4.79 Å². The fraction of sp³-hybridized carbons (Fsp3) is 0.500. The van der Waals surface area contributed by atoms with Crippen LogP contribution in [0, 0.1) is 5.92 Å². The highest BCUT2D eigenvalue weighted by Gasteiger charge is 2.14. The van der Waals surface area contributed by atoms with E-state index in [0.29, 0.717) is 12.5 Å². The van der Waals surface area contributed by atoms with E-state index in [-0.39, 0.29) is 12.5 Å². The number of carbonyl (C=O) groups is 1. The SMILES string of the molecule is COCC(=O)N(Cc1ccccc1)CC(C)C. The zero-order valence-electron chi connectivity index (χ0n) is 10.8. The lowest BCUT2D eigenvalue weighted by Gasteiger charge is -2.24. The Labute approximate surface area is 103 Å². The molecule has 0 saturated heterocycles. The molecule has 3 heteroatoms. The summed E-state index contributed by atoms with van der Waals surface area (Å²) in [6.45, 7) is 5.79. The lowest BCUT2D eigenvalue weighted by Crippen LogP contribution is -2.36. The summed E-state index contributed by atoms with van der Waals surface area (Å²) >= 11 is 0. The lowest BCUT2D eigenvalue weighted by atomic mass is 10.1. The van der Waals surface area contributed by atoms with Crippen molar-refractivity contribution in [2.45, 2.75) is 20.4 Å². The average Bonchev–Trinajstić information content (AvgIpc) is 2.29. The van der Waals surface area contributed by atoms with Gasteiger partial charge in [-0.05, 0) is 11.5 Å². The van der Waals surface area contributed by atoms with Crippen molar-refractivity contribution in [1.29, 1.82) is 0 Å². The number of carbonyl (C=O) groups excluding carboxylic acids is 1. The summed E-state index contributed by atoms with van der Waals surface area (Å²) in [6.07, 6.45) is 0. The maximum atomic E-state index is 11.9. The minimum Gasteiger partial charge on any atom is -0.375 e. The van der Waals surface area contributed by atoms with Gasteiger partial charge in [-0.2, -0.15) is 0 Å². The quantitative estimate of drug-likeness (QED) is 0.757.